The molecular formula is C18H25N5O4S. The average molecular weight is 407 g/mol. The summed E-state index contributed by atoms with van der Waals surface area (Å²) in [5.74, 6) is 1.72. The van der Waals surface area contributed by atoms with Crippen molar-refractivity contribution in [3.63, 3.8) is 0 Å². The average Bonchev–Trinajstić information content (AvgIpc) is 3.46. The van der Waals surface area contributed by atoms with Crippen LogP contribution in [-0.4, -0.2) is 60.1 Å². The highest BCUT2D eigenvalue weighted by Crippen LogP contribution is 2.36. The number of nitrogens with zero attached hydrogens (tertiary/aromatic N) is 5. The third kappa shape index (κ3) is 3.46. The summed E-state index contributed by atoms with van der Waals surface area (Å²) in [5, 5.41) is 3.79. The number of ether oxygens (including phenoxy) is 1. The van der Waals surface area contributed by atoms with Crippen molar-refractivity contribution in [2.45, 2.75) is 56.5 Å². The van der Waals surface area contributed by atoms with E-state index in [2.05, 4.69) is 20.0 Å². The van der Waals surface area contributed by atoms with Crippen LogP contribution < -0.4 is 9.64 Å². The highest BCUT2D eigenvalue weighted by atomic mass is 32.2. The van der Waals surface area contributed by atoms with Crippen LogP contribution in [0.25, 0.3) is 0 Å². The summed E-state index contributed by atoms with van der Waals surface area (Å²) in [6.45, 7) is 4.22. The van der Waals surface area contributed by atoms with Crippen LogP contribution in [0.2, 0.25) is 0 Å². The van der Waals surface area contributed by atoms with Crippen molar-refractivity contribution in [1.82, 2.24) is 19.4 Å². The first-order valence-electron chi connectivity index (χ1n) is 9.49. The lowest BCUT2D eigenvalue weighted by Gasteiger charge is -2.38. The molecule has 1 aliphatic carbocycles. The first-order chi connectivity index (χ1) is 13.4. The summed E-state index contributed by atoms with van der Waals surface area (Å²) >= 11 is 0. The monoisotopic (exact) mass is 407 g/mol. The Hall–Kier alpha value is -2.20. The molecule has 152 valence electrons. The minimum atomic E-state index is -3.60. The standard InChI is InChI=1S/C18H25N5O4S/c1-12-18(13(2)27-21-12)28(24,25)22-8-6-15(7-9-22)23(14-4-5-14)16-10-17(26-3)20-11-19-16/h10-11,14-15H,4-9H2,1-3H3. The molecule has 4 rings (SSSR count). The van der Waals surface area contributed by atoms with Gasteiger partial charge in [-0.25, -0.2) is 18.4 Å². The number of rotatable bonds is 6. The molecule has 28 heavy (non-hydrogen) atoms. The Morgan fingerprint density at radius 3 is 2.39 bits per heavy atom. The van der Waals surface area contributed by atoms with Gasteiger partial charge < -0.3 is 14.2 Å². The van der Waals surface area contributed by atoms with Gasteiger partial charge in [0.2, 0.25) is 15.9 Å². The second-order valence-corrected chi connectivity index (χ2v) is 9.22. The minimum Gasteiger partial charge on any atom is -0.481 e. The number of methoxy groups -OCH3 is 1. The summed E-state index contributed by atoms with van der Waals surface area (Å²) in [6.07, 6.45) is 5.26. The van der Waals surface area contributed by atoms with Crippen molar-refractivity contribution < 1.29 is 17.7 Å². The van der Waals surface area contributed by atoms with Crippen molar-refractivity contribution in [3.8, 4) is 5.88 Å². The number of anilines is 1. The fourth-order valence-electron chi connectivity index (χ4n) is 3.94. The fourth-order valence-corrected chi connectivity index (χ4v) is 5.70. The molecule has 0 aromatic carbocycles. The molecule has 0 N–H and O–H groups in total. The zero-order valence-electron chi connectivity index (χ0n) is 16.3. The van der Waals surface area contributed by atoms with Gasteiger partial charge in [-0.3, -0.25) is 0 Å². The molecule has 0 amide bonds. The maximum atomic E-state index is 13.0. The lowest BCUT2D eigenvalue weighted by molar-refractivity contribution is 0.307. The second-order valence-electron chi connectivity index (χ2n) is 7.35. The number of aryl methyl sites for hydroxylation is 2. The minimum absolute atomic E-state index is 0.200. The predicted molar refractivity (Wildman–Crippen MR) is 102 cm³/mol. The lowest BCUT2D eigenvalue weighted by atomic mass is 10.0. The van der Waals surface area contributed by atoms with Gasteiger partial charge in [0.25, 0.3) is 0 Å². The molecule has 1 saturated heterocycles. The van der Waals surface area contributed by atoms with Gasteiger partial charge in [0.1, 0.15) is 22.7 Å². The van der Waals surface area contributed by atoms with Gasteiger partial charge in [0.05, 0.1) is 7.11 Å². The Balaban J connectivity index is 1.51. The van der Waals surface area contributed by atoms with E-state index < -0.39 is 10.0 Å². The van der Waals surface area contributed by atoms with Crippen molar-refractivity contribution >= 4 is 15.8 Å². The molecule has 1 saturated carbocycles. The maximum Gasteiger partial charge on any atom is 0.248 e. The molecule has 2 aliphatic rings. The molecule has 2 aromatic rings. The summed E-state index contributed by atoms with van der Waals surface area (Å²) < 4.78 is 37.9. The van der Waals surface area contributed by atoms with Crippen LogP contribution in [0.3, 0.4) is 0 Å². The van der Waals surface area contributed by atoms with E-state index in [9.17, 15) is 8.42 Å². The molecule has 2 fully saturated rings. The molecule has 0 bridgehead atoms. The van der Waals surface area contributed by atoms with Crippen LogP contribution in [0.5, 0.6) is 5.88 Å². The summed E-state index contributed by atoms with van der Waals surface area (Å²) in [5.41, 5.74) is 0.410. The number of sulfonamides is 1. The first-order valence-corrected chi connectivity index (χ1v) is 10.9. The Morgan fingerprint density at radius 1 is 1.14 bits per heavy atom. The quantitative estimate of drug-likeness (QED) is 0.716. The van der Waals surface area contributed by atoms with Gasteiger partial charge in [-0.15, -0.1) is 0 Å². The summed E-state index contributed by atoms with van der Waals surface area (Å²) in [4.78, 5) is 11.1. The highest BCUT2D eigenvalue weighted by Gasteiger charge is 2.39. The SMILES string of the molecule is COc1cc(N(C2CC2)C2CCN(S(=O)(=O)c3c(C)noc3C)CC2)ncn1. The van der Waals surface area contributed by atoms with Gasteiger partial charge in [-0.05, 0) is 39.5 Å². The van der Waals surface area contributed by atoms with Crippen molar-refractivity contribution in [1.29, 1.82) is 0 Å². The molecule has 0 unspecified atom stereocenters. The Morgan fingerprint density at radius 2 is 1.82 bits per heavy atom. The van der Waals surface area contributed by atoms with E-state index in [1.54, 1.807) is 25.3 Å². The second kappa shape index (κ2) is 7.32. The predicted octanol–water partition coefficient (Wildman–Crippen LogP) is 1.91. The number of aromatic nitrogens is 3. The van der Waals surface area contributed by atoms with Gasteiger partial charge in [0.15, 0.2) is 5.76 Å². The van der Waals surface area contributed by atoms with Gasteiger partial charge in [-0.1, -0.05) is 5.16 Å². The molecular weight excluding hydrogens is 382 g/mol. The van der Waals surface area contributed by atoms with E-state index in [0.717, 1.165) is 31.5 Å². The van der Waals surface area contributed by atoms with Crippen LogP contribution in [0, 0.1) is 13.8 Å². The topological polar surface area (TPSA) is 102 Å². The Kier molecular flexibility index (Phi) is 5.00. The van der Waals surface area contributed by atoms with Crippen LogP contribution in [0.1, 0.15) is 37.1 Å². The first kappa shape index (κ1) is 19.1. The molecule has 2 aromatic heterocycles. The molecule has 0 atom stereocenters. The number of piperidine rings is 1. The zero-order valence-corrected chi connectivity index (χ0v) is 17.1. The molecule has 9 nitrogen and oxygen atoms in total. The van der Waals surface area contributed by atoms with Crippen molar-refractivity contribution in [3.05, 3.63) is 23.8 Å². The normalized spacial score (nSPS) is 19.0. The highest BCUT2D eigenvalue weighted by molar-refractivity contribution is 7.89. The van der Waals surface area contributed by atoms with Crippen LogP contribution in [-0.2, 0) is 10.0 Å². The molecule has 10 heteroatoms. The van der Waals surface area contributed by atoms with Gasteiger partial charge in [0, 0.05) is 31.2 Å². The molecule has 0 radical (unpaired) electrons. The largest absolute Gasteiger partial charge is 0.481 e. The van der Waals surface area contributed by atoms with E-state index in [1.165, 1.54) is 6.33 Å². The van der Waals surface area contributed by atoms with E-state index in [-0.39, 0.29) is 10.9 Å². The molecule has 0 spiro atoms. The van der Waals surface area contributed by atoms with E-state index in [1.807, 2.05) is 6.07 Å². The number of hydrogen-bond donors (Lipinski definition) is 0. The van der Waals surface area contributed by atoms with E-state index in [0.29, 0.717) is 36.5 Å². The zero-order chi connectivity index (χ0) is 19.9. The van der Waals surface area contributed by atoms with Gasteiger partial charge >= 0.3 is 0 Å². The Labute approximate surface area is 164 Å². The number of hydrogen-bond acceptors (Lipinski definition) is 8. The van der Waals surface area contributed by atoms with Crippen LogP contribution in [0.4, 0.5) is 5.82 Å². The summed E-state index contributed by atoms with van der Waals surface area (Å²) in [7, 11) is -2.01. The lowest BCUT2D eigenvalue weighted by Crippen LogP contribution is -2.48. The maximum absolute atomic E-state index is 13.0. The van der Waals surface area contributed by atoms with Crippen molar-refractivity contribution in [2.24, 2.45) is 0 Å². The third-order valence-corrected chi connectivity index (χ3v) is 7.57. The van der Waals surface area contributed by atoms with Gasteiger partial charge in [-0.2, -0.15) is 4.31 Å². The van der Waals surface area contributed by atoms with Crippen LogP contribution in [0.15, 0.2) is 21.8 Å². The third-order valence-electron chi connectivity index (χ3n) is 5.42. The van der Waals surface area contributed by atoms with E-state index in [4.69, 9.17) is 9.26 Å². The summed E-state index contributed by atoms with van der Waals surface area (Å²) in [6, 6.07) is 2.55. The fraction of sp³-hybridized carbons (Fsp3) is 0.611. The Bertz CT molecular complexity index is 929. The molecule has 3 heterocycles. The van der Waals surface area contributed by atoms with E-state index >= 15 is 0 Å². The molecule has 1 aliphatic heterocycles. The van der Waals surface area contributed by atoms with Crippen molar-refractivity contribution in [2.75, 3.05) is 25.1 Å². The smallest absolute Gasteiger partial charge is 0.248 e. The van der Waals surface area contributed by atoms with Crippen LogP contribution >= 0.6 is 0 Å².